The predicted octanol–water partition coefficient (Wildman–Crippen LogP) is 1.02. The maximum atomic E-state index is 12.0. The van der Waals surface area contributed by atoms with Crippen LogP contribution >= 0.6 is 0 Å². The van der Waals surface area contributed by atoms with E-state index in [9.17, 15) is 14.8 Å². The number of hydrogen-bond acceptors (Lipinski definition) is 8. The topological polar surface area (TPSA) is 134 Å². The van der Waals surface area contributed by atoms with Crippen LogP contribution in [0.5, 0.6) is 0 Å². The van der Waals surface area contributed by atoms with Crippen LogP contribution in [0.4, 0.5) is 17.5 Å². The van der Waals surface area contributed by atoms with Crippen LogP contribution in [-0.4, -0.2) is 45.7 Å². The molecule has 5 N–H and O–H groups in total. The number of carbonyl (C=O) groups is 1. The van der Waals surface area contributed by atoms with E-state index in [1.807, 2.05) is 23.1 Å². The van der Waals surface area contributed by atoms with Gasteiger partial charge in [-0.25, -0.2) is 4.98 Å². The van der Waals surface area contributed by atoms with Crippen LogP contribution in [0.15, 0.2) is 42.5 Å². The first kappa shape index (κ1) is 22.3. The van der Waals surface area contributed by atoms with E-state index in [1.165, 1.54) is 0 Å². The Morgan fingerprint density at radius 1 is 1.24 bits per heavy atom. The van der Waals surface area contributed by atoms with Crippen LogP contribution in [0.25, 0.3) is 0 Å². The zero-order chi connectivity index (χ0) is 23.8. The minimum absolute atomic E-state index is 0.0497. The second kappa shape index (κ2) is 9.05. The number of fused-ring (bicyclic) bond motifs is 2. The molecule has 9 nitrogen and oxygen atoms in total. The molecule has 1 aromatic heterocycles. The summed E-state index contributed by atoms with van der Waals surface area (Å²) in [6, 6.07) is 12.7. The van der Waals surface area contributed by atoms with Gasteiger partial charge in [-0.2, -0.15) is 4.98 Å². The van der Waals surface area contributed by atoms with Gasteiger partial charge in [-0.05, 0) is 42.1 Å². The Labute approximate surface area is 197 Å². The van der Waals surface area contributed by atoms with E-state index in [2.05, 4.69) is 12.2 Å². The number of anilines is 3. The van der Waals surface area contributed by atoms with Gasteiger partial charge in [0, 0.05) is 35.8 Å². The molecule has 10 heteroatoms. The van der Waals surface area contributed by atoms with Gasteiger partial charge in [-0.3, -0.25) is 4.79 Å². The second-order valence-corrected chi connectivity index (χ2v) is 8.66. The molecule has 3 heterocycles. The number of aromatic nitrogens is 2. The van der Waals surface area contributed by atoms with E-state index in [1.54, 1.807) is 24.3 Å². The van der Waals surface area contributed by atoms with E-state index < -0.39 is 13.0 Å². The highest BCUT2D eigenvalue weighted by Gasteiger charge is 2.33. The number of primary amides is 1. The first-order chi connectivity index (χ1) is 16.4. The zero-order valence-electron chi connectivity index (χ0n) is 18.9. The second-order valence-electron chi connectivity index (χ2n) is 8.66. The van der Waals surface area contributed by atoms with Crippen LogP contribution in [0, 0.1) is 0 Å². The predicted molar refractivity (Wildman–Crippen MR) is 129 cm³/mol. The van der Waals surface area contributed by atoms with Crippen molar-refractivity contribution in [1.29, 1.82) is 0 Å². The van der Waals surface area contributed by atoms with Gasteiger partial charge in [0.25, 0.3) is 0 Å². The fraction of sp³-hybridized carbons (Fsp3) is 0.292. The van der Waals surface area contributed by atoms with Crippen molar-refractivity contribution in [2.24, 2.45) is 5.73 Å². The lowest BCUT2D eigenvalue weighted by atomic mass is 9.79. The third-order valence-electron chi connectivity index (χ3n) is 6.36. The van der Waals surface area contributed by atoms with Crippen LogP contribution in [0.2, 0.25) is 0 Å². The van der Waals surface area contributed by atoms with Gasteiger partial charge in [0.05, 0.1) is 18.9 Å². The largest absolute Gasteiger partial charge is 0.488 e. The van der Waals surface area contributed by atoms with E-state index in [0.29, 0.717) is 49.6 Å². The Morgan fingerprint density at radius 3 is 2.85 bits per heavy atom. The third kappa shape index (κ3) is 4.11. The molecule has 0 radical (unpaired) electrons. The molecule has 0 saturated heterocycles. The number of nitrogens with zero attached hydrogens (tertiary/aromatic N) is 3. The Hall–Kier alpha value is -3.47. The number of amides is 1. The number of carbonyl (C=O) groups excluding carboxylic acids is 1. The molecule has 0 spiro atoms. The van der Waals surface area contributed by atoms with Crippen molar-refractivity contribution in [3.8, 4) is 0 Å². The number of nitrogens with two attached hydrogens (primary N) is 1. The van der Waals surface area contributed by atoms with Gasteiger partial charge in [0.1, 0.15) is 5.82 Å². The number of rotatable bonds is 6. The normalized spacial score (nSPS) is 16.7. The fourth-order valence-corrected chi connectivity index (χ4v) is 4.72. The molecule has 2 aromatic carbocycles. The number of nitrogens with one attached hydrogen (secondary N) is 1. The summed E-state index contributed by atoms with van der Waals surface area (Å²) in [6.45, 7) is 3.54. The van der Waals surface area contributed by atoms with Gasteiger partial charge in [-0.1, -0.05) is 30.3 Å². The highest BCUT2D eigenvalue weighted by molar-refractivity contribution is 6.58. The minimum Gasteiger partial charge on any atom is -0.423 e. The fourth-order valence-electron chi connectivity index (χ4n) is 4.72. The highest BCUT2D eigenvalue weighted by Crippen LogP contribution is 2.39. The molecule has 1 atom stereocenters. The standard InChI is InChI=1S/C24H26BN5O4/c1-14-10-19-17(22(26)31)6-3-7-21(19)30(14)24-28-20-13-34-9-8-18(20)23(29-24)27-12-15-4-2-5-16(11-15)25(32)33/h2-7,11,14,32-33H,8-10,12-13H2,1H3,(H2,26,31)(H,27,28,29). The molecule has 174 valence electrons. The average molecular weight is 459 g/mol. The molecule has 34 heavy (non-hydrogen) atoms. The molecule has 1 amide bonds. The van der Waals surface area contributed by atoms with Crippen molar-refractivity contribution in [2.45, 2.75) is 39.0 Å². The summed E-state index contributed by atoms with van der Waals surface area (Å²) in [4.78, 5) is 23.7. The van der Waals surface area contributed by atoms with Crippen molar-refractivity contribution in [1.82, 2.24) is 9.97 Å². The lowest BCUT2D eigenvalue weighted by molar-refractivity contribution is 0.0999. The van der Waals surface area contributed by atoms with Gasteiger partial charge in [0.15, 0.2) is 0 Å². The summed E-state index contributed by atoms with van der Waals surface area (Å²) < 4.78 is 5.67. The summed E-state index contributed by atoms with van der Waals surface area (Å²) in [5.74, 6) is 0.826. The third-order valence-corrected chi connectivity index (χ3v) is 6.36. The minimum atomic E-state index is -1.52. The molecule has 1 unspecified atom stereocenters. The Balaban J connectivity index is 1.51. The Morgan fingerprint density at radius 2 is 2.06 bits per heavy atom. The lowest BCUT2D eigenvalue weighted by Gasteiger charge is -2.26. The monoisotopic (exact) mass is 459 g/mol. The van der Waals surface area contributed by atoms with Crippen molar-refractivity contribution in [3.63, 3.8) is 0 Å². The summed E-state index contributed by atoms with van der Waals surface area (Å²) in [6.07, 6.45) is 1.37. The summed E-state index contributed by atoms with van der Waals surface area (Å²) in [5.41, 5.74) is 11.1. The zero-order valence-corrected chi connectivity index (χ0v) is 18.9. The van der Waals surface area contributed by atoms with Gasteiger partial charge in [0.2, 0.25) is 11.9 Å². The Bertz CT molecular complexity index is 1250. The quantitative estimate of drug-likeness (QED) is 0.402. The molecule has 0 aliphatic carbocycles. The van der Waals surface area contributed by atoms with E-state index in [0.717, 1.165) is 33.9 Å². The van der Waals surface area contributed by atoms with E-state index in [4.69, 9.17) is 20.4 Å². The Kier molecular flexibility index (Phi) is 5.95. The van der Waals surface area contributed by atoms with E-state index >= 15 is 0 Å². The molecule has 3 aromatic rings. The van der Waals surface area contributed by atoms with Gasteiger partial charge >= 0.3 is 7.12 Å². The molecule has 2 aliphatic rings. The van der Waals surface area contributed by atoms with Crippen LogP contribution in [0.1, 0.15) is 39.7 Å². The molecule has 5 rings (SSSR count). The summed E-state index contributed by atoms with van der Waals surface area (Å²) in [5, 5.41) is 22.4. The van der Waals surface area contributed by atoms with Crippen LogP contribution < -0.4 is 21.4 Å². The molecular formula is C24H26BN5O4. The smallest absolute Gasteiger partial charge is 0.423 e. The van der Waals surface area contributed by atoms with Gasteiger partial charge < -0.3 is 30.7 Å². The molecular weight excluding hydrogens is 433 g/mol. The highest BCUT2D eigenvalue weighted by atomic mass is 16.5. The number of ether oxygens (including phenoxy) is 1. The number of hydrogen-bond donors (Lipinski definition) is 4. The van der Waals surface area contributed by atoms with Crippen molar-refractivity contribution < 1.29 is 19.6 Å². The molecule has 0 saturated carbocycles. The van der Waals surface area contributed by atoms with Crippen LogP contribution in [-0.2, 0) is 30.7 Å². The van der Waals surface area contributed by atoms with Crippen molar-refractivity contribution in [2.75, 3.05) is 16.8 Å². The maximum absolute atomic E-state index is 12.0. The molecule has 2 aliphatic heterocycles. The van der Waals surface area contributed by atoms with Crippen LogP contribution in [0.3, 0.4) is 0 Å². The number of benzene rings is 2. The lowest BCUT2D eigenvalue weighted by Crippen LogP contribution is -2.30. The SMILES string of the molecule is CC1Cc2c(C(N)=O)cccc2N1c1nc2c(c(NCc3cccc(B(O)O)c3)n1)CCOC2. The van der Waals surface area contributed by atoms with Crippen molar-refractivity contribution in [3.05, 3.63) is 70.4 Å². The first-order valence-electron chi connectivity index (χ1n) is 11.3. The maximum Gasteiger partial charge on any atom is 0.488 e. The van der Waals surface area contributed by atoms with E-state index in [-0.39, 0.29) is 6.04 Å². The van der Waals surface area contributed by atoms with Crippen molar-refractivity contribution >= 4 is 35.9 Å². The first-order valence-corrected chi connectivity index (χ1v) is 11.3. The molecule has 0 fully saturated rings. The summed E-state index contributed by atoms with van der Waals surface area (Å²) >= 11 is 0. The van der Waals surface area contributed by atoms with Gasteiger partial charge in [-0.15, -0.1) is 0 Å². The summed E-state index contributed by atoms with van der Waals surface area (Å²) in [7, 11) is -1.52. The average Bonchev–Trinajstić information content (AvgIpc) is 3.18. The molecule has 0 bridgehead atoms.